The summed E-state index contributed by atoms with van der Waals surface area (Å²) in [5, 5.41) is 12.5. The smallest absolute Gasteiger partial charge is 0.430 e. The number of carbonyl (C=O) groups is 3. The van der Waals surface area contributed by atoms with E-state index in [-0.39, 0.29) is 36.1 Å². The molecule has 4 rings (SSSR count). The Bertz CT molecular complexity index is 1560. The third kappa shape index (κ3) is 6.54. The molecule has 1 aromatic carbocycles. The normalized spacial score (nSPS) is 22.6. The number of allylic oxidation sites excluding steroid dienone is 1. The van der Waals surface area contributed by atoms with Gasteiger partial charge in [0.25, 0.3) is 11.5 Å². The second-order valence-electron chi connectivity index (χ2n) is 12.4. The van der Waals surface area contributed by atoms with Crippen molar-refractivity contribution in [1.82, 2.24) is 20.1 Å². The molecule has 48 heavy (non-hydrogen) atoms. The first-order valence-electron chi connectivity index (χ1n) is 15.1. The van der Waals surface area contributed by atoms with Gasteiger partial charge in [-0.2, -0.15) is 26.3 Å². The van der Waals surface area contributed by atoms with Crippen LogP contribution in [0.25, 0.3) is 6.08 Å². The van der Waals surface area contributed by atoms with Gasteiger partial charge in [0.15, 0.2) is 5.54 Å². The number of benzene rings is 1. The van der Waals surface area contributed by atoms with Crippen molar-refractivity contribution >= 4 is 29.6 Å². The number of halogens is 6. The molecule has 2 saturated heterocycles. The summed E-state index contributed by atoms with van der Waals surface area (Å²) in [6.45, 7) is 9.70. The van der Waals surface area contributed by atoms with Crippen LogP contribution in [0.5, 0.6) is 5.75 Å². The molecule has 1 aromatic heterocycles. The third-order valence-corrected chi connectivity index (χ3v) is 8.42. The maximum atomic E-state index is 13.6. The monoisotopic (exact) mass is 685 g/mol. The van der Waals surface area contributed by atoms with Crippen LogP contribution in [0, 0.1) is 0 Å². The number of aromatic nitrogens is 1. The van der Waals surface area contributed by atoms with Gasteiger partial charge in [0.1, 0.15) is 12.3 Å². The number of pyridine rings is 1. The van der Waals surface area contributed by atoms with Gasteiger partial charge in [0, 0.05) is 36.4 Å². The topological polar surface area (TPSA) is 115 Å². The first-order valence-corrected chi connectivity index (χ1v) is 15.1. The Morgan fingerprint density at radius 2 is 1.73 bits per heavy atom. The Hall–Kier alpha value is -4.34. The molecule has 3 heterocycles. The fourth-order valence-electron chi connectivity index (χ4n) is 5.91. The summed E-state index contributed by atoms with van der Waals surface area (Å²) in [6.07, 6.45) is -7.99. The molecule has 0 spiro atoms. The maximum absolute atomic E-state index is 13.6. The number of anilines is 1. The lowest BCUT2D eigenvalue weighted by Gasteiger charge is -2.46. The number of nitrogens with zero attached hydrogens (tertiary/aromatic N) is 4. The number of piperazine rings is 1. The van der Waals surface area contributed by atoms with Gasteiger partial charge in [-0.05, 0) is 71.4 Å². The second kappa shape index (κ2) is 12.9. The number of ether oxygens (including phenoxy) is 1. The standard InChI is InChI=1S/C32H37F6N5O5/c1-7-8-21-13-22(30(47,31(33,34)35)32(36,37)38)9-11-24(21)41-15-20(5)42(16-19(41)4)26(44)17-43-27(45)29(6,40-28(43)46)25-12-10-23(14-39-25)48-18(2)3/h7-14,18-20,47H,15-17H2,1-6H3,(H,40,46)/t19?,20-,29+/m0/s1. The van der Waals surface area contributed by atoms with Crippen LogP contribution >= 0.6 is 0 Å². The van der Waals surface area contributed by atoms with E-state index >= 15 is 0 Å². The van der Waals surface area contributed by atoms with Crippen LogP contribution in [-0.4, -0.2) is 87.9 Å². The number of imide groups is 1. The molecule has 4 amide bonds. The first-order chi connectivity index (χ1) is 22.1. The molecule has 2 N–H and O–H groups in total. The molecular formula is C32H37F6N5O5. The lowest BCUT2D eigenvalue weighted by Crippen LogP contribution is -2.60. The minimum Gasteiger partial charge on any atom is -0.489 e. The van der Waals surface area contributed by atoms with Crippen molar-refractivity contribution in [2.45, 2.75) is 83.2 Å². The van der Waals surface area contributed by atoms with Crippen LogP contribution in [-0.2, 0) is 20.7 Å². The summed E-state index contributed by atoms with van der Waals surface area (Å²) >= 11 is 0. The molecule has 2 aliphatic heterocycles. The average Bonchev–Trinajstić information content (AvgIpc) is 3.20. The van der Waals surface area contributed by atoms with Gasteiger partial charge < -0.3 is 25.0 Å². The zero-order valence-corrected chi connectivity index (χ0v) is 27.1. The number of alkyl halides is 6. The van der Waals surface area contributed by atoms with Crippen molar-refractivity contribution in [2.75, 3.05) is 24.5 Å². The number of carbonyl (C=O) groups excluding carboxylic acids is 3. The fourth-order valence-corrected chi connectivity index (χ4v) is 5.91. The van der Waals surface area contributed by atoms with E-state index in [1.165, 1.54) is 37.1 Å². The van der Waals surface area contributed by atoms with Gasteiger partial charge in [-0.3, -0.25) is 19.5 Å². The van der Waals surface area contributed by atoms with E-state index in [4.69, 9.17) is 4.74 Å². The van der Waals surface area contributed by atoms with Gasteiger partial charge in [-0.15, -0.1) is 0 Å². The summed E-state index contributed by atoms with van der Waals surface area (Å²) in [5.41, 5.74) is -7.48. The van der Waals surface area contributed by atoms with Crippen molar-refractivity contribution in [3.8, 4) is 5.75 Å². The van der Waals surface area contributed by atoms with Crippen molar-refractivity contribution in [1.29, 1.82) is 0 Å². The number of urea groups is 1. The summed E-state index contributed by atoms with van der Waals surface area (Å²) in [6, 6.07) is 3.67. The van der Waals surface area contributed by atoms with Crippen LogP contribution in [0.15, 0.2) is 42.6 Å². The molecule has 1 unspecified atom stereocenters. The molecule has 2 aliphatic rings. The molecule has 2 aromatic rings. The summed E-state index contributed by atoms with van der Waals surface area (Å²) in [5.74, 6) is -0.750. The highest BCUT2D eigenvalue weighted by Gasteiger charge is 2.71. The van der Waals surface area contributed by atoms with E-state index < -0.39 is 65.5 Å². The first kappa shape index (κ1) is 36.5. The van der Waals surface area contributed by atoms with E-state index in [0.29, 0.717) is 17.9 Å². The highest BCUT2D eigenvalue weighted by molar-refractivity contribution is 6.09. The van der Waals surface area contributed by atoms with E-state index in [0.717, 1.165) is 11.0 Å². The molecular weight excluding hydrogens is 648 g/mol. The highest BCUT2D eigenvalue weighted by atomic mass is 19.4. The predicted octanol–water partition coefficient (Wildman–Crippen LogP) is 5.11. The quantitative estimate of drug-likeness (QED) is 0.294. The highest BCUT2D eigenvalue weighted by Crippen LogP contribution is 2.50. The minimum atomic E-state index is -6.04. The zero-order valence-electron chi connectivity index (χ0n) is 27.1. The molecule has 0 radical (unpaired) electrons. The SMILES string of the molecule is CC=Cc1cc(C(O)(C(F)(F)F)C(F)(F)F)ccc1N1C[C@H](C)N(C(=O)CN2C(=O)N[C@](C)(c3ccc(OC(C)C)cn3)C2=O)CC1C. The second-order valence-corrected chi connectivity index (χ2v) is 12.4. The predicted molar refractivity (Wildman–Crippen MR) is 163 cm³/mol. The Morgan fingerprint density at radius 1 is 1.08 bits per heavy atom. The lowest BCUT2D eigenvalue weighted by molar-refractivity contribution is -0.376. The Kier molecular flexibility index (Phi) is 9.83. The molecule has 2 fully saturated rings. The largest absolute Gasteiger partial charge is 0.489 e. The van der Waals surface area contributed by atoms with E-state index in [9.17, 15) is 45.8 Å². The molecule has 16 heteroatoms. The fraction of sp³-hybridized carbons (Fsp3) is 0.500. The summed E-state index contributed by atoms with van der Waals surface area (Å²) in [4.78, 5) is 48.1. The molecule has 0 bridgehead atoms. The van der Waals surface area contributed by atoms with E-state index in [2.05, 4.69) is 10.3 Å². The number of hydrogen-bond donors (Lipinski definition) is 2. The summed E-state index contributed by atoms with van der Waals surface area (Å²) in [7, 11) is 0. The van der Waals surface area contributed by atoms with Gasteiger partial charge in [-0.25, -0.2) is 4.79 Å². The summed E-state index contributed by atoms with van der Waals surface area (Å²) < 4.78 is 87.0. The van der Waals surface area contributed by atoms with Crippen molar-refractivity contribution in [2.24, 2.45) is 0 Å². The number of aliphatic hydroxyl groups is 1. The molecule has 262 valence electrons. The minimum absolute atomic E-state index is 0.00298. The molecule has 3 atom stereocenters. The van der Waals surface area contributed by atoms with Crippen LogP contribution in [0.3, 0.4) is 0 Å². The number of rotatable bonds is 8. The third-order valence-electron chi connectivity index (χ3n) is 8.42. The van der Waals surface area contributed by atoms with Crippen LogP contribution in [0.4, 0.5) is 36.8 Å². The number of nitrogens with one attached hydrogen (secondary N) is 1. The number of amides is 4. The molecule has 10 nitrogen and oxygen atoms in total. The Balaban J connectivity index is 1.52. The Morgan fingerprint density at radius 3 is 2.27 bits per heavy atom. The molecule has 0 aliphatic carbocycles. The van der Waals surface area contributed by atoms with Crippen molar-refractivity contribution in [3.05, 3.63) is 59.4 Å². The van der Waals surface area contributed by atoms with E-state index in [1.54, 1.807) is 30.9 Å². The van der Waals surface area contributed by atoms with Gasteiger partial charge in [-0.1, -0.05) is 18.2 Å². The maximum Gasteiger partial charge on any atom is 0.430 e. The van der Waals surface area contributed by atoms with Crippen molar-refractivity contribution in [3.63, 3.8) is 0 Å². The average molecular weight is 686 g/mol. The van der Waals surface area contributed by atoms with Gasteiger partial charge >= 0.3 is 18.4 Å². The lowest BCUT2D eigenvalue weighted by atomic mass is 9.89. The van der Waals surface area contributed by atoms with Gasteiger partial charge in [0.2, 0.25) is 5.91 Å². The van der Waals surface area contributed by atoms with Crippen LogP contribution in [0.1, 0.15) is 58.4 Å². The number of hydrogen-bond acceptors (Lipinski definition) is 7. The van der Waals surface area contributed by atoms with E-state index in [1.807, 2.05) is 13.8 Å². The Labute approximate surface area is 273 Å². The zero-order chi connectivity index (χ0) is 36.0. The van der Waals surface area contributed by atoms with Crippen LogP contribution < -0.4 is 15.0 Å². The molecule has 0 saturated carbocycles. The van der Waals surface area contributed by atoms with Gasteiger partial charge in [0.05, 0.1) is 18.0 Å². The van der Waals surface area contributed by atoms with Crippen molar-refractivity contribution < 1.29 is 50.6 Å². The van der Waals surface area contributed by atoms with Crippen LogP contribution in [0.2, 0.25) is 0 Å².